The van der Waals surface area contributed by atoms with Crippen molar-refractivity contribution >= 4 is 38.9 Å². The fourth-order valence-corrected chi connectivity index (χ4v) is 2.88. The number of aromatic nitrogens is 1. The molecule has 0 amide bonds. The first-order chi connectivity index (χ1) is 9.38. The highest BCUT2D eigenvalue weighted by Gasteiger charge is 2.16. The second-order valence-corrected chi connectivity index (χ2v) is 5.84. The summed E-state index contributed by atoms with van der Waals surface area (Å²) in [5.74, 6) is -1.02. The summed E-state index contributed by atoms with van der Waals surface area (Å²) in [6.07, 6.45) is 2.56. The Morgan fingerprint density at radius 3 is 2.70 bits per heavy atom. The van der Waals surface area contributed by atoms with Crippen LogP contribution >= 0.6 is 27.3 Å². The van der Waals surface area contributed by atoms with Crippen molar-refractivity contribution in [3.8, 4) is 0 Å². The maximum Gasteiger partial charge on any atom is 0.345 e. The average molecular weight is 359 g/mol. The number of thiophene rings is 1. The third-order valence-electron chi connectivity index (χ3n) is 2.42. The van der Waals surface area contributed by atoms with Gasteiger partial charge in [0.2, 0.25) is 0 Å². The molecule has 0 saturated carbocycles. The number of hydrogen-bond donors (Lipinski definition) is 1. The van der Waals surface area contributed by atoms with Crippen LogP contribution in [0.2, 0.25) is 0 Å². The molecule has 9 heteroatoms. The van der Waals surface area contributed by atoms with Gasteiger partial charge >= 0.3 is 11.7 Å². The van der Waals surface area contributed by atoms with E-state index < -0.39 is 22.0 Å². The molecule has 0 aromatic carbocycles. The lowest BCUT2D eigenvalue weighted by Gasteiger charge is -2.05. The number of carboxylic acids is 1. The zero-order valence-electron chi connectivity index (χ0n) is 9.78. The molecule has 104 valence electrons. The number of nitro groups is 1. The minimum absolute atomic E-state index is 0.0849. The van der Waals surface area contributed by atoms with Crippen molar-refractivity contribution in [1.82, 2.24) is 4.57 Å². The van der Waals surface area contributed by atoms with E-state index in [-0.39, 0.29) is 15.9 Å². The van der Waals surface area contributed by atoms with Crippen molar-refractivity contribution < 1.29 is 14.8 Å². The molecular formula is C11H7BrN2O5S. The van der Waals surface area contributed by atoms with Crippen molar-refractivity contribution in [1.29, 1.82) is 0 Å². The first-order valence-corrected chi connectivity index (χ1v) is 6.85. The van der Waals surface area contributed by atoms with E-state index in [2.05, 4.69) is 15.9 Å². The minimum atomic E-state index is -1.02. The van der Waals surface area contributed by atoms with Gasteiger partial charge in [0.05, 0.1) is 22.1 Å². The molecule has 0 saturated heterocycles. The van der Waals surface area contributed by atoms with Crippen LogP contribution in [0.4, 0.5) is 5.69 Å². The highest BCUT2D eigenvalue weighted by Crippen LogP contribution is 2.19. The van der Waals surface area contributed by atoms with Crippen LogP contribution in [0.3, 0.4) is 0 Å². The molecule has 0 unspecified atom stereocenters. The number of rotatable bonds is 4. The molecule has 20 heavy (non-hydrogen) atoms. The number of carboxylic acid groups (broad SMARTS) is 1. The van der Waals surface area contributed by atoms with Gasteiger partial charge in [-0.2, -0.15) is 0 Å². The van der Waals surface area contributed by atoms with Crippen LogP contribution < -0.4 is 5.43 Å². The largest absolute Gasteiger partial charge is 0.477 e. The molecular weight excluding hydrogens is 352 g/mol. The summed E-state index contributed by atoms with van der Waals surface area (Å²) >= 11 is 4.05. The molecule has 0 aliphatic heterocycles. The van der Waals surface area contributed by atoms with Gasteiger partial charge in [0.25, 0.3) is 5.43 Å². The Labute approximate surface area is 124 Å². The third kappa shape index (κ3) is 2.94. The van der Waals surface area contributed by atoms with E-state index in [1.54, 1.807) is 6.07 Å². The lowest BCUT2D eigenvalue weighted by molar-refractivity contribution is -0.386. The fourth-order valence-electron chi connectivity index (χ4n) is 1.56. The predicted molar refractivity (Wildman–Crippen MR) is 75.4 cm³/mol. The van der Waals surface area contributed by atoms with Crippen LogP contribution in [-0.4, -0.2) is 20.6 Å². The number of aromatic carboxylic acids is 1. The molecule has 0 atom stereocenters. The topological polar surface area (TPSA) is 102 Å². The van der Waals surface area contributed by atoms with Gasteiger partial charge in [-0.05, 0) is 28.1 Å². The van der Waals surface area contributed by atoms with Crippen LogP contribution in [0, 0.1) is 10.1 Å². The normalized spacial score (nSPS) is 10.4. The minimum Gasteiger partial charge on any atom is -0.477 e. The third-order valence-corrected chi connectivity index (χ3v) is 4.05. The van der Waals surface area contributed by atoms with Crippen molar-refractivity contribution in [2.24, 2.45) is 0 Å². The van der Waals surface area contributed by atoms with Crippen molar-refractivity contribution in [3.63, 3.8) is 0 Å². The van der Waals surface area contributed by atoms with E-state index in [1.165, 1.54) is 16.8 Å². The van der Waals surface area contributed by atoms with Crippen molar-refractivity contribution in [3.05, 3.63) is 59.1 Å². The van der Waals surface area contributed by atoms with Gasteiger partial charge < -0.3 is 9.67 Å². The first kappa shape index (κ1) is 14.4. The molecule has 0 radical (unpaired) electrons. The van der Waals surface area contributed by atoms with E-state index in [4.69, 9.17) is 5.11 Å². The Bertz CT molecular complexity index is 752. The number of nitrogens with zero attached hydrogens (tertiary/aromatic N) is 2. The molecule has 2 heterocycles. The standard InChI is InChI=1S/C11H7BrN2O5S/c12-7-4-13(5-8(10(7)15)14(18)19)3-6-1-2-9(20-6)11(16)17/h1-2,4-5H,3H2,(H,16,17). The highest BCUT2D eigenvalue weighted by atomic mass is 79.9. The number of halogens is 1. The van der Waals surface area contributed by atoms with E-state index in [0.29, 0.717) is 4.88 Å². The zero-order chi connectivity index (χ0) is 14.9. The average Bonchev–Trinajstić information content (AvgIpc) is 2.81. The summed E-state index contributed by atoms with van der Waals surface area (Å²) in [7, 11) is 0. The number of carbonyl (C=O) groups is 1. The smallest absolute Gasteiger partial charge is 0.345 e. The molecule has 1 N–H and O–H groups in total. The van der Waals surface area contributed by atoms with Gasteiger partial charge in [0.1, 0.15) is 4.88 Å². The van der Waals surface area contributed by atoms with E-state index >= 15 is 0 Å². The van der Waals surface area contributed by atoms with Crippen LogP contribution in [0.5, 0.6) is 0 Å². The predicted octanol–water partition coefficient (Wildman–Crippen LogP) is 2.33. The van der Waals surface area contributed by atoms with E-state index in [9.17, 15) is 19.7 Å². The summed E-state index contributed by atoms with van der Waals surface area (Å²) < 4.78 is 1.54. The Morgan fingerprint density at radius 1 is 1.45 bits per heavy atom. The monoisotopic (exact) mass is 358 g/mol. The maximum atomic E-state index is 11.5. The molecule has 7 nitrogen and oxygen atoms in total. The number of hydrogen-bond acceptors (Lipinski definition) is 5. The summed E-state index contributed by atoms with van der Waals surface area (Å²) in [6, 6.07) is 3.10. The molecule has 0 bridgehead atoms. The quantitative estimate of drug-likeness (QED) is 0.667. The molecule has 2 aromatic heterocycles. The van der Waals surface area contributed by atoms with Gasteiger partial charge in [-0.1, -0.05) is 0 Å². The molecule has 2 aromatic rings. The summed E-state index contributed by atoms with van der Waals surface area (Å²) in [6.45, 7) is 0.248. The van der Waals surface area contributed by atoms with Crippen LogP contribution in [0.1, 0.15) is 14.5 Å². The molecule has 0 fully saturated rings. The lowest BCUT2D eigenvalue weighted by Crippen LogP contribution is -2.13. The molecule has 0 spiro atoms. The second-order valence-electron chi connectivity index (χ2n) is 3.82. The van der Waals surface area contributed by atoms with Crippen LogP contribution in [-0.2, 0) is 6.54 Å². The van der Waals surface area contributed by atoms with E-state index in [0.717, 1.165) is 17.5 Å². The molecule has 0 aliphatic carbocycles. The Morgan fingerprint density at radius 2 is 2.15 bits per heavy atom. The summed E-state index contributed by atoms with van der Waals surface area (Å²) in [4.78, 5) is 33.2. The van der Waals surface area contributed by atoms with Gasteiger partial charge in [0.15, 0.2) is 0 Å². The van der Waals surface area contributed by atoms with Gasteiger partial charge in [-0.25, -0.2) is 4.79 Å². The van der Waals surface area contributed by atoms with E-state index in [1.807, 2.05) is 0 Å². The zero-order valence-corrected chi connectivity index (χ0v) is 12.2. The van der Waals surface area contributed by atoms with Crippen LogP contribution in [0.25, 0.3) is 0 Å². The summed E-state index contributed by atoms with van der Waals surface area (Å²) in [5.41, 5.74) is -1.22. The lowest BCUT2D eigenvalue weighted by atomic mass is 10.3. The van der Waals surface area contributed by atoms with Gasteiger partial charge in [0, 0.05) is 11.1 Å². The molecule has 2 rings (SSSR count). The summed E-state index contributed by atoms with van der Waals surface area (Å²) in [5, 5.41) is 19.6. The second kappa shape index (κ2) is 5.55. The van der Waals surface area contributed by atoms with Crippen molar-refractivity contribution in [2.75, 3.05) is 0 Å². The molecule has 0 aliphatic rings. The SMILES string of the molecule is O=C(O)c1ccc(Cn2cc(Br)c(=O)c([N+](=O)[O-])c2)s1. The Kier molecular flexibility index (Phi) is 4.00. The fraction of sp³-hybridized carbons (Fsp3) is 0.0909. The van der Waals surface area contributed by atoms with Gasteiger partial charge in [-0.15, -0.1) is 11.3 Å². The first-order valence-electron chi connectivity index (χ1n) is 5.24. The maximum absolute atomic E-state index is 11.5. The Balaban J connectivity index is 2.36. The number of pyridine rings is 1. The highest BCUT2D eigenvalue weighted by molar-refractivity contribution is 9.10. The Hall–Kier alpha value is -2.00. The van der Waals surface area contributed by atoms with Gasteiger partial charge in [-0.3, -0.25) is 14.9 Å². The van der Waals surface area contributed by atoms with Crippen LogP contribution in [0.15, 0.2) is 33.8 Å². The van der Waals surface area contributed by atoms with Crippen molar-refractivity contribution in [2.45, 2.75) is 6.54 Å².